The molecule has 2 aliphatic rings. The third-order valence-electron chi connectivity index (χ3n) is 5.58. The van der Waals surface area contributed by atoms with E-state index in [0.29, 0.717) is 10.0 Å². The van der Waals surface area contributed by atoms with E-state index in [1.165, 1.54) is 16.9 Å². The van der Waals surface area contributed by atoms with Crippen LogP contribution in [0.25, 0.3) is 0 Å². The second kappa shape index (κ2) is 7.88. The summed E-state index contributed by atoms with van der Waals surface area (Å²) in [7, 11) is 4.38. The molecule has 2 aromatic rings. The van der Waals surface area contributed by atoms with Gasteiger partial charge in [0.05, 0.1) is 10.0 Å². The Balaban J connectivity index is 1.68. The molecule has 0 unspecified atom stereocenters. The van der Waals surface area contributed by atoms with E-state index < -0.39 is 0 Å². The van der Waals surface area contributed by atoms with Crippen LogP contribution in [0.2, 0.25) is 10.0 Å². The van der Waals surface area contributed by atoms with E-state index >= 15 is 0 Å². The number of hydrogen-bond acceptors (Lipinski definition) is 4. The average molecular weight is 405 g/mol. The maximum absolute atomic E-state index is 6.29. The van der Waals surface area contributed by atoms with Gasteiger partial charge in [-0.3, -0.25) is 0 Å². The van der Waals surface area contributed by atoms with Crippen molar-refractivity contribution in [2.45, 2.75) is 6.54 Å². The van der Waals surface area contributed by atoms with Gasteiger partial charge in [0.2, 0.25) is 0 Å². The maximum Gasteiger partial charge on any atom is 0.0613 e. The Labute approximate surface area is 171 Å². The van der Waals surface area contributed by atoms with E-state index in [1.54, 1.807) is 0 Å². The summed E-state index contributed by atoms with van der Waals surface area (Å²) in [6.45, 7) is 7.28. The molecule has 0 amide bonds. The van der Waals surface area contributed by atoms with Crippen LogP contribution < -0.4 is 9.80 Å². The van der Waals surface area contributed by atoms with Gasteiger partial charge in [-0.15, -0.1) is 0 Å². The highest BCUT2D eigenvalue weighted by atomic mass is 35.5. The van der Waals surface area contributed by atoms with Crippen molar-refractivity contribution in [1.82, 2.24) is 9.80 Å². The molecular formula is C21H26Cl2N4. The van der Waals surface area contributed by atoms with Crippen LogP contribution in [-0.2, 0) is 6.54 Å². The number of halogens is 2. The first kappa shape index (κ1) is 18.9. The van der Waals surface area contributed by atoms with E-state index in [0.717, 1.165) is 51.5 Å². The van der Waals surface area contributed by atoms with E-state index in [-0.39, 0.29) is 0 Å². The predicted molar refractivity (Wildman–Crippen MR) is 116 cm³/mol. The second-order valence-corrected chi connectivity index (χ2v) is 8.41. The largest absolute Gasteiger partial charge is 0.369 e. The number of rotatable bonds is 2. The van der Waals surface area contributed by atoms with Gasteiger partial charge < -0.3 is 19.6 Å². The molecule has 1 saturated heterocycles. The van der Waals surface area contributed by atoms with Gasteiger partial charge in [0.15, 0.2) is 0 Å². The Kier molecular flexibility index (Phi) is 5.51. The summed E-state index contributed by atoms with van der Waals surface area (Å²) in [4.78, 5) is 9.62. The Hall–Kier alpha value is -1.46. The fourth-order valence-electron chi connectivity index (χ4n) is 3.91. The zero-order valence-electron chi connectivity index (χ0n) is 16.0. The van der Waals surface area contributed by atoms with Crippen molar-refractivity contribution >= 4 is 40.3 Å². The normalized spacial score (nSPS) is 19.1. The molecule has 144 valence electrons. The molecular weight excluding hydrogens is 379 g/mol. The smallest absolute Gasteiger partial charge is 0.0613 e. The van der Waals surface area contributed by atoms with Crippen LogP contribution in [0.1, 0.15) is 5.56 Å². The van der Waals surface area contributed by atoms with Crippen LogP contribution in [0.4, 0.5) is 17.1 Å². The van der Waals surface area contributed by atoms with Gasteiger partial charge in [-0.25, -0.2) is 0 Å². The van der Waals surface area contributed by atoms with Crippen molar-refractivity contribution in [3.8, 4) is 0 Å². The average Bonchev–Trinajstić information content (AvgIpc) is 2.82. The van der Waals surface area contributed by atoms with Crippen molar-refractivity contribution in [1.29, 1.82) is 0 Å². The zero-order valence-corrected chi connectivity index (χ0v) is 17.5. The Morgan fingerprint density at radius 1 is 0.704 bits per heavy atom. The van der Waals surface area contributed by atoms with Crippen LogP contribution in [0, 0.1) is 0 Å². The van der Waals surface area contributed by atoms with E-state index in [2.05, 4.69) is 58.0 Å². The van der Waals surface area contributed by atoms with Gasteiger partial charge in [-0.2, -0.15) is 0 Å². The molecule has 0 aromatic heterocycles. The van der Waals surface area contributed by atoms with Gasteiger partial charge in [0.1, 0.15) is 0 Å². The molecule has 0 radical (unpaired) electrons. The number of nitrogens with zero attached hydrogens (tertiary/aromatic N) is 4. The third-order valence-corrected chi connectivity index (χ3v) is 6.32. The molecule has 27 heavy (non-hydrogen) atoms. The molecule has 0 spiro atoms. The quantitative estimate of drug-likeness (QED) is 0.738. The van der Waals surface area contributed by atoms with Crippen LogP contribution in [0.5, 0.6) is 0 Å². The minimum Gasteiger partial charge on any atom is -0.369 e. The molecule has 6 heteroatoms. The summed E-state index contributed by atoms with van der Waals surface area (Å²) in [5.74, 6) is 0. The van der Waals surface area contributed by atoms with Crippen molar-refractivity contribution < 1.29 is 0 Å². The molecule has 1 fully saturated rings. The zero-order chi connectivity index (χ0) is 19.0. The summed E-state index contributed by atoms with van der Waals surface area (Å²) in [5, 5.41) is 1.19. The predicted octanol–water partition coefficient (Wildman–Crippen LogP) is 4.33. The van der Waals surface area contributed by atoms with Crippen LogP contribution in [0.3, 0.4) is 0 Å². The molecule has 0 atom stereocenters. The Morgan fingerprint density at radius 2 is 1.41 bits per heavy atom. The van der Waals surface area contributed by atoms with Gasteiger partial charge in [0, 0.05) is 62.9 Å². The molecule has 2 aliphatic heterocycles. The van der Waals surface area contributed by atoms with Gasteiger partial charge in [-0.05, 0) is 56.1 Å². The van der Waals surface area contributed by atoms with Crippen molar-refractivity contribution in [2.75, 3.05) is 63.2 Å². The van der Waals surface area contributed by atoms with Gasteiger partial charge in [0.25, 0.3) is 0 Å². The molecule has 2 heterocycles. The lowest BCUT2D eigenvalue weighted by atomic mass is 10.1. The van der Waals surface area contributed by atoms with E-state index in [9.17, 15) is 0 Å². The number of fused-ring (bicyclic) bond motifs is 1. The molecule has 4 rings (SSSR count). The summed E-state index contributed by atoms with van der Waals surface area (Å²) < 4.78 is 0. The summed E-state index contributed by atoms with van der Waals surface area (Å²) in [5.41, 5.74) is 5.03. The van der Waals surface area contributed by atoms with Crippen molar-refractivity contribution in [3.05, 3.63) is 52.0 Å². The fourth-order valence-corrected chi connectivity index (χ4v) is 4.20. The lowest BCUT2D eigenvalue weighted by Gasteiger charge is -2.35. The number of likely N-dealkylation sites (N-methyl/N-ethyl adjacent to an activating group) is 2. The minimum absolute atomic E-state index is 0.595. The summed E-state index contributed by atoms with van der Waals surface area (Å²) in [6.07, 6.45) is 0. The SMILES string of the molecule is CN1CCN(c2ccc3c(c2)CN(C)CCN3c2ccc(Cl)c(Cl)c2)CC1. The molecule has 2 aromatic carbocycles. The minimum atomic E-state index is 0.595. The first-order valence-electron chi connectivity index (χ1n) is 9.49. The van der Waals surface area contributed by atoms with Gasteiger partial charge in [-0.1, -0.05) is 23.2 Å². The van der Waals surface area contributed by atoms with Crippen molar-refractivity contribution in [2.24, 2.45) is 0 Å². The van der Waals surface area contributed by atoms with Crippen molar-refractivity contribution in [3.63, 3.8) is 0 Å². The molecule has 0 N–H and O–H groups in total. The molecule has 4 nitrogen and oxygen atoms in total. The fraction of sp³-hybridized carbons (Fsp3) is 0.429. The lowest BCUT2D eigenvalue weighted by Crippen LogP contribution is -2.44. The van der Waals surface area contributed by atoms with E-state index in [4.69, 9.17) is 23.2 Å². The Morgan fingerprint density at radius 3 is 2.15 bits per heavy atom. The first-order valence-corrected chi connectivity index (χ1v) is 10.2. The number of hydrogen-bond donors (Lipinski definition) is 0. The highest BCUT2D eigenvalue weighted by molar-refractivity contribution is 6.42. The molecule has 0 aliphatic carbocycles. The number of piperazine rings is 1. The Bertz CT molecular complexity index is 818. The monoisotopic (exact) mass is 404 g/mol. The summed E-state index contributed by atoms with van der Waals surface area (Å²) in [6, 6.07) is 12.8. The summed E-state index contributed by atoms with van der Waals surface area (Å²) >= 11 is 12.4. The highest BCUT2D eigenvalue weighted by Gasteiger charge is 2.22. The highest BCUT2D eigenvalue weighted by Crippen LogP contribution is 2.36. The van der Waals surface area contributed by atoms with Crippen LogP contribution >= 0.6 is 23.2 Å². The van der Waals surface area contributed by atoms with E-state index in [1.807, 2.05) is 12.1 Å². The molecule has 0 saturated carbocycles. The lowest BCUT2D eigenvalue weighted by molar-refractivity contribution is 0.312. The third kappa shape index (κ3) is 4.04. The van der Waals surface area contributed by atoms with Crippen LogP contribution in [0.15, 0.2) is 36.4 Å². The number of benzene rings is 2. The maximum atomic E-state index is 6.29. The van der Waals surface area contributed by atoms with Gasteiger partial charge >= 0.3 is 0 Å². The van der Waals surface area contributed by atoms with Crippen LogP contribution in [-0.4, -0.2) is 63.2 Å². The topological polar surface area (TPSA) is 13.0 Å². The number of anilines is 3. The molecule has 0 bridgehead atoms. The standard InChI is InChI=1S/C21H26Cl2N4/c1-24-7-10-26(11-8-24)17-4-6-21-16(13-17)15-25(2)9-12-27(21)18-3-5-19(22)20(23)14-18/h3-6,13-14H,7-12,15H2,1-2H3. The second-order valence-electron chi connectivity index (χ2n) is 7.59. The first-order chi connectivity index (χ1) is 13.0.